The number of rotatable bonds is 1. The Labute approximate surface area is 92.7 Å². The van der Waals surface area contributed by atoms with Crippen molar-refractivity contribution in [3.05, 3.63) is 42.1 Å². The van der Waals surface area contributed by atoms with Gasteiger partial charge in [-0.05, 0) is 12.1 Å². The highest BCUT2D eigenvalue weighted by molar-refractivity contribution is 5.86. The van der Waals surface area contributed by atoms with E-state index in [2.05, 4.69) is 16.8 Å². The number of aliphatic carboxylic acids is 1. The van der Waals surface area contributed by atoms with Gasteiger partial charge in [-0.3, -0.25) is 4.98 Å². The Balaban J connectivity index is 2.27. The van der Waals surface area contributed by atoms with Crippen molar-refractivity contribution in [2.45, 2.75) is 6.42 Å². The molecule has 0 amide bonds. The van der Waals surface area contributed by atoms with Crippen molar-refractivity contribution in [3.63, 3.8) is 0 Å². The van der Waals surface area contributed by atoms with Gasteiger partial charge in [0, 0.05) is 11.3 Å². The van der Waals surface area contributed by atoms with Crippen LogP contribution in [-0.4, -0.2) is 16.1 Å². The van der Waals surface area contributed by atoms with E-state index >= 15 is 0 Å². The number of fused-ring (bicyclic) bond motifs is 1. The second-order valence-electron chi connectivity index (χ2n) is 3.28. The number of carboxylic acid groups (broad SMARTS) is 1. The number of pyridine rings is 1. The fourth-order valence-electron chi connectivity index (χ4n) is 1.42. The lowest BCUT2D eigenvalue weighted by Gasteiger charge is -1.98. The van der Waals surface area contributed by atoms with E-state index in [-0.39, 0.29) is 0 Å². The molecule has 1 heterocycles. The summed E-state index contributed by atoms with van der Waals surface area (Å²) in [6.07, 6.45) is 0.358. The summed E-state index contributed by atoms with van der Waals surface area (Å²) in [5.41, 5.74) is 1.68. The van der Waals surface area contributed by atoms with Crippen LogP contribution >= 0.6 is 0 Å². The third-order valence-electron chi connectivity index (χ3n) is 2.12. The lowest BCUT2D eigenvalue weighted by molar-refractivity contribution is -0.130. The molecular weight excluding hydrogens is 202 g/mol. The molecule has 3 nitrogen and oxygen atoms in total. The third-order valence-corrected chi connectivity index (χ3v) is 2.12. The van der Waals surface area contributed by atoms with Crippen molar-refractivity contribution in [1.29, 1.82) is 0 Å². The minimum absolute atomic E-state index is 0.358. The van der Waals surface area contributed by atoms with E-state index in [9.17, 15) is 4.79 Å². The number of benzene rings is 1. The van der Waals surface area contributed by atoms with Gasteiger partial charge >= 0.3 is 5.97 Å². The van der Waals surface area contributed by atoms with Crippen LogP contribution in [0.2, 0.25) is 0 Å². The standard InChI is InChI=1S/C13H9NO2/c15-13(16)7-3-5-11-9-8-10-4-1-2-6-12(10)14-11/h1-2,4,6,8-9H,5H2,(H,15,16). The smallest absolute Gasteiger partial charge is 0.381 e. The maximum atomic E-state index is 10.2. The lowest BCUT2D eigenvalue weighted by atomic mass is 10.2. The number of hydrogen-bond donors (Lipinski definition) is 1. The van der Waals surface area contributed by atoms with Crippen LogP contribution in [0.25, 0.3) is 10.9 Å². The number of nitrogens with zero attached hydrogens (tertiary/aromatic N) is 1. The molecule has 0 saturated heterocycles. The maximum absolute atomic E-state index is 10.2. The summed E-state index contributed by atoms with van der Waals surface area (Å²) in [5, 5.41) is 9.44. The zero-order chi connectivity index (χ0) is 11.4. The van der Waals surface area contributed by atoms with E-state index in [0.29, 0.717) is 6.42 Å². The molecule has 0 bridgehead atoms. The second-order valence-corrected chi connectivity index (χ2v) is 3.28. The van der Waals surface area contributed by atoms with Crippen molar-refractivity contribution < 1.29 is 9.90 Å². The minimum Gasteiger partial charge on any atom is -0.472 e. The summed E-state index contributed by atoms with van der Waals surface area (Å²) in [5.74, 6) is 3.51. The van der Waals surface area contributed by atoms with Crippen molar-refractivity contribution in [2.75, 3.05) is 0 Å². The molecule has 2 aromatic rings. The topological polar surface area (TPSA) is 50.2 Å². The number of carbonyl (C=O) groups is 1. The average molecular weight is 211 g/mol. The largest absolute Gasteiger partial charge is 0.472 e. The molecule has 1 N–H and O–H groups in total. The van der Waals surface area contributed by atoms with Gasteiger partial charge in [0.2, 0.25) is 0 Å². The van der Waals surface area contributed by atoms with Gasteiger partial charge in [0.1, 0.15) is 0 Å². The summed E-state index contributed by atoms with van der Waals surface area (Å²) >= 11 is 0. The highest BCUT2D eigenvalue weighted by Gasteiger charge is 1.95. The summed E-state index contributed by atoms with van der Waals surface area (Å²) in [7, 11) is 0. The molecule has 1 aromatic carbocycles. The summed E-state index contributed by atoms with van der Waals surface area (Å²) in [6, 6.07) is 11.6. The first-order valence-corrected chi connectivity index (χ1v) is 4.82. The number of carboxylic acids is 1. The van der Waals surface area contributed by atoms with E-state index in [0.717, 1.165) is 16.6 Å². The maximum Gasteiger partial charge on any atom is 0.381 e. The molecule has 0 spiro atoms. The van der Waals surface area contributed by atoms with Gasteiger partial charge in [-0.25, -0.2) is 4.79 Å². The van der Waals surface area contributed by atoms with Crippen LogP contribution in [0.4, 0.5) is 0 Å². The molecule has 0 aliphatic heterocycles. The predicted molar refractivity (Wildman–Crippen MR) is 60.9 cm³/mol. The first-order chi connectivity index (χ1) is 7.75. The fraction of sp³-hybridized carbons (Fsp3) is 0.0769. The monoisotopic (exact) mass is 211 g/mol. The van der Waals surface area contributed by atoms with Crippen LogP contribution in [0, 0.1) is 11.8 Å². The van der Waals surface area contributed by atoms with Gasteiger partial charge in [-0.2, -0.15) is 0 Å². The average Bonchev–Trinajstić information content (AvgIpc) is 2.28. The normalized spacial score (nSPS) is 9.50. The van der Waals surface area contributed by atoms with Crippen molar-refractivity contribution >= 4 is 16.9 Å². The zero-order valence-electron chi connectivity index (χ0n) is 8.47. The SMILES string of the molecule is O=C(O)C#CCc1ccc2ccccc2n1. The van der Waals surface area contributed by atoms with Crippen LogP contribution < -0.4 is 0 Å². The molecule has 0 radical (unpaired) electrons. The molecule has 3 heteroatoms. The van der Waals surface area contributed by atoms with Gasteiger partial charge in [0.25, 0.3) is 0 Å². The second kappa shape index (κ2) is 4.45. The number of aromatic nitrogens is 1. The Hall–Kier alpha value is -2.34. The van der Waals surface area contributed by atoms with Crippen LogP contribution in [0.1, 0.15) is 5.69 Å². The molecule has 0 aliphatic carbocycles. The van der Waals surface area contributed by atoms with Gasteiger partial charge in [0.05, 0.1) is 17.6 Å². The van der Waals surface area contributed by atoms with E-state index in [1.165, 1.54) is 0 Å². The minimum atomic E-state index is -1.11. The van der Waals surface area contributed by atoms with Gasteiger partial charge < -0.3 is 5.11 Å². The molecule has 0 aliphatic rings. The number of para-hydroxylation sites is 1. The van der Waals surface area contributed by atoms with Gasteiger partial charge in [-0.1, -0.05) is 30.2 Å². The third kappa shape index (κ3) is 2.37. The summed E-state index contributed by atoms with van der Waals surface area (Å²) < 4.78 is 0. The predicted octanol–water partition coefficient (Wildman–Crippen LogP) is 1.87. The number of hydrogen-bond acceptors (Lipinski definition) is 2. The zero-order valence-corrected chi connectivity index (χ0v) is 8.47. The van der Waals surface area contributed by atoms with E-state index in [1.807, 2.05) is 36.4 Å². The molecule has 0 unspecified atom stereocenters. The van der Waals surface area contributed by atoms with E-state index < -0.39 is 5.97 Å². The molecular formula is C13H9NO2. The molecule has 0 fully saturated rings. The van der Waals surface area contributed by atoms with Crippen LogP contribution in [-0.2, 0) is 11.2 Å². The highest BCUT2D eigenvalue weighted by atomic mass is 16.4. The van der Waals surface area contributed by atoms with E-state index in [1.54, 1.807) is 0 Å². The Morgan fingerprint density at radius 3 is 2.88 bits per heavy atom. The van der Waals surface area contributed by atoms with E-state index in [4.69, 9.17) is 5.11 Å². The van der Waals surface area contributed by atoms with Crippen molar-refractivity contribution in [1.82, 2.24) is 4.98 Å². The van der Waals surface area contributed by atoms with Crippen molar-refractivity contribution in [2.24, 2.45) is 0 Å². The van der Waals surface area contributed by atoms with Crippen LogP contribution in [0.5, 0.6) is 0 Å². The Morgan fingerprint density at radius 2 is 2.06 bits per heavy atom. The molecule has 16 heavy (non-hydrogen) atoms. The first-order valence-electron chi connectivity index (χ1n) is 4.82. The summed E-state index contributed by atoms with van der Waals surface area (Å²) in [6.45, 7) is 0. The lowest BCUT2D eigenvalue weighted by Crippen LogP contribution is -1.91. The molecule has 0 atom stereocenters. The Morgan fingerprint density at radius 1 is 1.25 bits per heavy atom. The molecule has 2 rings (SSSR count). The quantitative estimate of drug-likeness (QED) is 0.732. The van der Waals surface area contributed by atoms with Crippen LogP contribution in [0.3, 0.4) is 0 Å². The van der Waals surface area contributed by atoms with Crippen LogP contribution in [0.15, 0.2) is 36.4 Å². The Kier molecular flexibility index (Phi) is 2.84. The molecule has 1 aromatic heterocycles. The van der Waals surface area contributed by atoms with Gasteiger partial charge in [-0.15, -0.1) is 0 Å². The Bertz CT molecular complexity index is 593. The fourth-order valence-corrected chi connectivity index (χ4v) is 1.42. The summed E-state index contributed by atoms with van der Waals surface area (Å²) in [4.78, 5) is 14.6. The first kappa shape index (κ1) is 10.2. The van der Waals surface area contributed by atoms with Gasteiger partial charge in [0.15, 0.2) is 0 Å². The molecule has 0 saturated carbocycles. The highest BCUT2D eigenvalue weighted by Crippen LogP contribution is 2.11. The molecule has 78 valence electrons. The van der Waals surface area contributed by atoms with Crippen molar-refractivity contribution in [3.8, 4) is 11.8 Å².